The minimum atomic E-state index is -3.95. The number of nitrogens with zero attached hydrogens (tertiary/aromatic N) is 2. The van der Waals surface area contributed by atoms with Gasteiger partial charge in [0.05, 0.1) is 24.7 Å². The molecule has 1 aliphatic carbocycles. The molecule has 0 bridgehead atoms. The molecule has 1 aromatic carbocycles. The zero-order valence-electron chi connectivity index (χ0n) is 15.0. The fourth-order valence-corrected chi connectivity index (χ4v) is 5.22. The van der Waals surface area contributed by atoms with E-state index in [2.05, 4.69) is 15.6 Å². The molecular weight excluding hydrogens is 380 g/mol. The maximum absolute atomic E-state index is 11.7. The van der Waals surface area contributed by atoms with Gasteiger partial charge in [-0.2, -0.15) is 3.71 Å². The van der Waals surface area contributed by atoms with Crippen molar-refractivity contribution in [3.05, 3.63) is 24.3 Å². The van der Waals surface area contributed by atoms with Crippen molar-refractivity contribution in [3.63, 3.8) is 0 Å². The summed E-state index contributed by atoms with van der Waals surface area (Å²) in [5.41, 5.74) is 0.0366. The summed E-state index contributed by atoms with van der Waals surface area (Å²) < 4.78 is 52.9. The van der Waals surface area contributed by atoms with Crippen LogP contribution in [0.5, 0.6) is 5.75 Å². The van der Waals surface area contributed by atoms with Gasteiger partial charge in [-0.05, 0) is 37.1 Å². The van der Waals surface area contributed by atoms with Gasteiger partial charge in [0.2, 0.25) is 20.0 Å². The van der Waals surface area contributed by atoms with Crippen LogP contribution in [0.25, 0.3) is 0 Å². The number of ether oxygens (including phenoxy) is 1. The van der Waals surface area contributed by atoms with E-state index in [1.54, 1.807) is 7.05 Å². The van der Waals surface area contributed by atoms with Crippen molar-refractivity contribution in [2.75, 3.05) is 36.4 Å². The molecule has 1 aromatic rings. The van der Waals surface area contributed by atoms with Crippen LogP contribution in [0.4, 0.5) is 5.69 Å². The Balaban J connectivity index is 1.90. The SMILES string of the molecule is CN=C(NCCOc1ccc(N(S(C)(=O)=O)S(C)(=O)=O)cc1)NC1CC1. The molecular formula is C15H24N4O5S2. The molecule has 146 valence electrons. The lowest BCUT2D eigenvalue weighted by atomic mass is 10.3. The molecule has 0 aliphatic heterocycles. The van der Waals surface area contributed by atoms with Crippen molar-refractivity contribution in [2.45, 2.75) is 18.9 Å². The van der Waals surface area contributed by atoms with E-state index in [1.165, 1.54) is 24.3 Å². The molecule has 0 aromatic heterocycles. The third-order valence-corrected chi connectivity index (χ3v) is 6.71. The molecule has 1 aliphatic rings. The Morgan fingerprint density at radius 3 is 2.19 bits per heavy atom. The monoisotopic (exact) mass is 404 g/mol. The first-order valence-corrected chi connectivity index (χ1v) is 11.7. The zero-order chi connectivity index (χ0) is 19.4. The van der Waals surface area contributed by atoms with Crippen molar-refractivity contribution < 1.29 is 21.6 Å². The number of nitrogens with one attached hydrogen (secondary N) is 2. The molecule has 11 heteroatoms. The average Bonchev–Trinajstić information content (AvgIpc) is 3.33. The molecule has 0 atom stereocenters. The van der Waals surface area contributed by atoms with Gasteiger partial charge < -0.3 is 15.4 Å². The van der Waals surface area contributed by atoms with E-state index in [-0.39, 0.29) is 5.69 Å². The maximum Gasteiger partial charge on any atom is 0.245 e. The number of guanidine groups is 1. The summed E-state index contributed by atoms with van der Waals surface area (Å²) >= 11 is 0. The molecule has 2 rings (SSSR count). The van der Waals surface area contributed by atoms with Gasteiger partial charge in [-0.1, -0.05) is 0 Å². The van der Waals surface area contributed by atoms with Gasteiger partial charge in [0, 0.05) is 13.1 Å². The highest BCUT2D eigenvalue weighted by Gasteiger charge is 2.27. The number of aliphatic imine (C=N–C) groups is 1. The van der Waals surface area contributed by atoms with Gasteiger partial charge in [0.15, 0.2) is 5.96 Å². The van der Waals surface area contributed by atoms with Crippen LogP contribution in [0.1, 0.15) is 12.8 Å². The Morgan fingerprint density at radius 2 is 1.73 bits per heavy atom. The molecule has 0 spiro atoms. The third kappa shape index (κ3) is 6.06. The number of hydrogen-bond acceptors (Lipinski definition) is 6. The molecule has 0 unspecified atom stereocenters. The highest BCUT2D eigenvalue weighted by molar-refractivity contribution is 8.09. The summed E-state index contributed by atoms with van der Waals surface area (Å²) in [7, 11) is -6.20. The van der Waals surface area contributed by atoms with E-state index in [1.807, 2.05) is 0 Å². The van der Waals surface area contributed by atoms with Crippen molar-refractivity contribution in [2.24, 2.45) is 4.99 Å². The van der Waals surface area contributed by atoms with E-state index in [4.69, 9.17) is 4.74 Å². The summed E-state index contributed by atoms with van der Waals surface area (Å²) in [4.78, 5) is 4.11. The second kappa shape index (κ2) is 8.12. The van der Waals surface area contributed by atoms with Crippen LogP contribution in [-0.4, -0.2) is 61.5 Å². The van der Waals surface area contributed by atoms with E-state index in [9.17, 15) is 16.8 Å². The van der Waals surface area contributed by atoms with E-state index >= 15 is 0 Å². The third-order valence-electron chi connectivity index (χ3n) is 3.46. The minimum Gasteiger partial charge on any atom is -0.492 e. The van der Waals surface area contributed by atoms with Crippen LogP contribution >= 0.6 is 0 Å². The number of rotatable bonds is 8. The van der Waals surface area contributed by atoms with Crippen LogP contribution in [0.15, 0.2) is 29.3 Å². The Bertz CT molecular complexity index is 815. The molecule has 1 saturated carbocycles. The average molecular weight is 405 g/mol. The second-order valence-electron chi connectivity index (χ2n) is 5.98. The van der Waals surface area contributed by atoms with Gasteiger partial charge in [0.1, 0.15) is 12.4 Å². The van der Waals surface area contributed by atoms with Crippen LogP contribution in [0, 0.1) is 0 Å². The molecule has 1 fully saturated rings. The first kappa shape index (κ1) is 20.3. The van der Waals surface area contributed by atoms with Crippen LogP contribution < -0.4 is 19.1 Å². The summed E-state index contributed by atoms with van der Waals surface area (Å²) in [5, 5.41) is 6.38. The van der Waals surface area contributed by atoms with Gasteiger partial charge in [-0.15, -0.1) is 0 Å². The fraction of sp³-hybridized carbons (Fsp3) is 0.533. The van der Waals surface area contributed by atoms with E-state index in [0.717, 1.165) is 31.3 Å². The Morgan fingerprint density at radius 1 is 1.15 bits per heavy atom. The first-order valence-electron chi connectivity index (χ1n) is 8.02. The normalized spacial score (nSPS) is 15.4. The summed E-state index contributed by atoms with van der Waals surface area (Å²) in [6.07, 6.45) is 3.99. The molecule has 0 saturated heterocycles. The number of benzene rings is 1. The van der Waals surface area contributed by atoms with Crippen LogP contribution in [-0.2, 0) is 20.0 Å². The van der Waals surface area contributed by atoms with E-state index in [0.29, 0.717) is 28.7 Å². The number of sulfonamides is 2. The zero-order valence-corrected chi connectivity index (χ0v) is 16.6. The maximum atomic E-state index is 11.7. The molecule has 0 heterocycles. The van der Waals surface area contributed by atoms with Gasteiger partial charge in [-0.25, -0.2) is 16.8 Å². The van der Waals surface area contributed by atoms with Gasteiger partial charge >= 0.3 is 0 Å². The van der Waals surface area contributed by atoms with Crippen molar-refractivity contribution in [1.82, 2.24) is 10.6 Å². The fourth-order valence-electron chi connectivity index (χ4n) is 2.25. The number of anilines is 1. The minimum absolute atomic E-state index is 0.0366. The largest absolute Gasteiger partial charge is 0.492 e. The molecule has 9 nitrogen and oxygen atoms in total. The van der Waals surface area contributed by atoms with E-state index < -0.39 is 20.0 Å². The summed E-state index contributed by atoms with van der Waals surface area (Å²) in [5.74, 6) is 1.23. The Labute approximate surface area is 154 Å². The molecule has 0 radical (unpaired) electrons. The van der Waals surface area contributed by atoms with Crippen molar-refractivity contribution in [3.8, 4) is 5.75 Å². The quantitative estimate of drug-likeness (QED) is 0.359. The van der Waals surface area contributed by atoms with Crippen LogP contribution in [0.2, 0.25) is 0 Å². The lowest BCUT2D eigenvalue weighted by molar-refractivity contribution is 0.322. The smallest absolute Gasteiger partial charge is 0.245 e. The second-order valence-corrected chi connectivity index (χ2v) is 9.88. The van der Waals surface area contributed by atoms with Crippen LogP contribution in [0.3, 0.4) is 0 Å². The molecule has 26 heavy (non-hydrogen) atoms. The van der Waals surface area contributed by atoms with Crippen molar-refractivity contribution in [1.29, 1.82) is 0 Å². The van der Waals surface area contributed by atoms with Crippen molar-refractivity contribution >= 4 is 31.7 Å². The standard InChI is InChI=1S/C15H24N4O5S2/c1-16-15(18-12-4-5-12)17-10-11-24-14-8-6-13(7-9-14)19(25(2,20)21)26(3,22)23/h6-9,12H,4-5,10-11H2,1-3H3,(H2,16,17,18). The Kier molecular flexibility index (Phi) is 6.34. The molecule has 0 amide bonds. The topological polar surface area (TPSA) is 117 Å². The first-order chi connectivity index (χ1) is 12.1. The predicted molar refractivity (Wildman–Crippen MR) is 102 cm³/mol. The summed E-state index contributed by atoms with van der Waals surface area (Å²) in [6, 6.07) is 6.32. The van der Waals surface area contributed by atoms with Gasteiger partial charge in [-0.3, -0.25) is 4.99 Å². The predicted octanol–water partition coefficient (Wildman–Crippen LogP) is 0.118. The number of hydrogen-bond donors (Lipinski definition) is 2. The molecule has 2 N–H and O–H groups in total. The lowest BCUT2D eigenvalue weighted by Gasteiger charge is -2.20. The lowest BCUT2D eigenvalue weighted by Crippen LogP contribution is -2.40. The Hall–Kier alpha value is -2.01. The highest BCUT2D eigenvalue weighted by atomic mass is 32.3. The highest BCUT2D eigenvalue weighted by Crippen LogP contribution is 2.24. The van der Waals surface area contributed by atoms with Gasteiger partial charge in [0.25, 0.3) is 0 Å². The summed E-state index contributed by atoms with van der Waals surface area (Å²) in [6.45, 7) is 0.902.